The molecule has 4 aromatic rings. The highest BCUT2D eigenvalue weighted by atomic mass is 16.5. The first-order valence-corrected chi connectivity index (χ1v) is 12.4. The van der Waals surface area contributed by atoms with Crippen molar-refractivity contribution in [2.45, 2.75) is 43.8 Å². The van der Waals surface area contributed by atoms with Crippen LogP contribution in [0.3, 0.4) is 0 Å². The number of fused-ring (bicyclic) bond motifs is 6. The molecule has 1 aromatic heterocycles. The molecule has 0 spiro atoms. The van der Waals surface area contributed by atoms with Crippen molar-refractivity contribution >= 4 is 10.8 Å². The van der Waals surface area contributed by atoms with Crippen LogP contribution in [0.25, 0.3) is 16.5 Å². The summed E-state index contributed by atoms with van der Waals surface area (Å²) < 4.78 is 14.1. The Hall–Kier alpha value is -4.46. The van der Waals surface area contributed by atoms with Crippen LogP contribution in [0.1, 0.15) is 54.9 Å². The summed E-state index contributed by atoms with van der Waals surface area (Å²) in [6.07, 6.45) is 2.59. The Morgan fingerprint density at radius 3 is 2.24 bits per heavy atom. The maximum absolute atomic E-state index is 11.6. The van der Waals surface area contributed by atoms with Crippen LogP contribution in [0.2, 0.25) is 0 Å². The van der Waals surface area contributed by atoms with E-state index in [2.05, 4.69) is 12.1 Å². The van der Waals surface area contributed by atoms with Crippen LogP contribution in [-0.4, -0.2) is 21.4 Å². The van der Waals surface area contributed by atoms with E-state index in [-0.39, 0.29) is 11.8 Å². The first kappa shape index (κ1) is 23.0. The third-order valence-corrected chi connectivity index (χ3v) is 7.95. The van der Waals surface area contributed by atoms with Crippen LogP contribution in [0.15, 0.2) is 60.7 Å². The van der Waals surface area contributed by atoms with Crippen molar-refractivity contribution in [2.24, 2.45) is 0 Å². The third kappa shape index (κ3) is 3.21. The second kappa shape index (κ2) is 8.30. The maximum atomic E-state index is 11.6. The standard InChI is InChI=1S/C30H25N3O4/c1-2-29-13-14-30(37-29,15-16-36-21-10-7-19(17-31)8-11-21)26-25(29)27(34)33(28(26)35)24-12-9-20(18-32)22-5-3-4-6-23(22)24/h3-12,34-35H,2,13-16H2,1H3/t29-,30-/m1/s1. The van der Waals surface area contributed by atoms with Crippen LogP contribution in [-0.2, 0) is 15.9 Å². The summed E-state index contributed by atoms with van der Waals surface area (Å²) in [5.41, 5.74) is 1.50. The number of benzene rings is 3. The molecule has 0 aliphatic carbocycles. The van der Waals surface area contributed by atoms with Crippen LogP contribution in [0, 0.1) is 22.7 Å². The fourth-order valence-electron chi connectivity index (χ4n) is 6.13. The number of rotatable bonds is 6. The largest absolute Gasteiger partial charge is 0.494 e. The van der Waals surface area contributed by atoms with Crippen molar-refractivity contribution in [2.75, 3.05) is 6.61 Å². The van der Waals surface area contributed by atoms with Crippen LogP contribution < -0.4 is 4.74 Å². The molecule has 2 aliphatic rings. The summed E-state index contributed by atoms with van der Waals surface area (Å²) in [7, 11) is 0. The summed E-state index contributed by atoms with van der Waals surface area (Å²) in [5, 5.41) is 43.3. The zero-order valence-electron chi connectivity index (χ0n) is 20.4. The van der Waals surface area contributed by atoms with E-state index in [4.69, 9.17) is 14.7 Å². The van der Waals surface area contributed by atoms with Gasteiger partial charge >= 0.3 is 0 Å². The molecule has 6 rings (SSSR count). The predicted molar refractivity (Wildman–Crippen MR) is 137 cm³/mol. The SMILES string of the molecule is CC[C@]12CC[C@](CCOc3ccc(C#N)cc3)(O1)c1c2c(O)n(-c2ccc(C#N)c3ccccc23)c1O. The maximum Gasteiger partial charge on any atom is 0.205 e. The van der Waals surface area contributed by atoms with E-state index in [0.717, 1.165) is 17.2 Å². The zero-order valence-corrected chi connectivity index (χ0v) is 20.4. The summed E-state index contributed by atoms with van der Waals surface area (Å²) in [4.78, 5) is 0. The van der Waals surface area contributed by atoms with Gasteiger partial charge in [0.25, 0.3) is 0 Å². The summed E-state index contributed by atoms with van der Waals surface area (Å²) in [5.74, 6) is 0.580. The lowest BCUT2D eigenvalue weighted by molar-refractivity contribution is -0.0986. The molecule has 0 radical (unpaired) electrons. The number of hydrogen-bond donors (Lipinski definition) is 2. The molecule has 3 heterocycles. The molecule has 0 saturated carbocycles. The lowest BCUT2D eigenvalue weighted by Crippen LogP contribution is -2.25. The van der Waals surface area contributed by atoms with Crippen molar-refractivity contribution < 1.29 is 19.7 Å². The second-order valence-electron chi connectivity index (χ2n) is 9.70. The highest BCUT2D eigenvalue weighted by Crippen LogP contribution is 2.66. The van der Waals surface area contributed by atoms with E-state index in [0.29, 0.717) is 59.6 Å². The van der Waals surface area contributed by atoms with Crippen molar-refractivity contribution in [1.29, 1.82) is 10.5 Å². The number of aromatic nitrogens is 1. The summed E-state index contributed by atoms with van der Waals surface area (Å²) >= 11 is 0. The molecule has 37 heavy (non-hydrogen) atoms. The van der Waals surface area contributed by atoms with Gasteiger partial charge in [-0.25, -0.2) is 0 Å². The Morgan fingerprint density at radius 1 is 0.892 bits per heavy atom. The Kier molecular flexibility index (Phi) is 5.15. The quantitative estimate of drug-likeness (QED) is 0.348. The van der Waals surface area contributed by atoms with Gasteiger partial charge in [-0.05, 0) is 55.7 Å². The predicted octanol–water partition coefficient (Wildman–Crippen LogP) is 5.88. The van der Waals surface area contributed by atoms with Crippen molar-refractivity contribution in [3.05, 3.63) is 82.9 Å². The van der Waals surface area contributed by atoms with Crippen LogP contribution in [0.5, 0.6) is 17.5 Å². The monoisotopic (exact) mass is 491 g/mol. The molecule has 7 nitrogen and oxygen atoms in total. The smallest absolute Gasteiger partial charge is 0.205 e. The van der Waals surface area contributed by atoms with E-state index >= 15 is 0 Å². The van der Waals surface area contributed by atoms with Gasteiger partial charge < -0.3 is 19.7 Å². The number of nitrogens with zero attached hydrogens (tertiary/aromatic N) is 3. The van der Waals surface area contributed by atoms with Gasteiger partial charge in [0.05, 0.1) is 52.3 Å². The number of aromatic hydroxyl groups is 2. The van der Waals surface area contributed by atoms with Gasteiger partial charge in [0.15, 0.2) is 0 Å². The van der Waals surface area contributed by atoms with Crippen LogP contribution >= 0.6 is 0 Å². The molecule has 0 amide bonds. The Bertz CT molecular complexity index is 1630. The van der Waals surface area contributed by atoms with E-state index in [9.17, 15) is 15.5 Å². The minimum atomic E-state index is -0.785. The summed E-state index contributed by atoms with van der Waals surface area (Å²) in [6, 6.07) is 22.2. The average molecular weight is 492 g/mol. The molecule has 2 aliphatic heterocycles. The molecule has 1 fully saturated rings. The van der Waals surface area contributed by atoms with E-state index < -0.39 is 11.2 Å². The number of hydrogen-bond acceptors (Lipinski definition) is 6. The minimum Gasteiger partial charge on any atom is -0.494 e. The van der Waals surface area contributed by atoms with Gasteiger partial charge in [0, 0.05) is 17.2 Å². The van der Waals surface area contributed by atoms with Crippen molar-refractivity contribution in [3.63, 3.8) is 0 Å². The molecular formula is C30H25N3O4. The Morgan fingerprint density at radius 2 is 1.57 bits per heavy atom. The zero-order chi connectivity index (χ0) is 25.8. The molecule has 1 saturated heterocycles. The fraction of sp³-hybridized carbons (Fsp3) is 0.267. The van der Waals surface area contributed by atoms with Gasteiger partial charge in [0.2, 0.25) is 11.8 Å². The minimum absolute atomic E-state index is 0.0289. The first-order valence-electron chi connectivity index (χ1n) is 12.4. The summed E-state index contributed by atoms with van der Waals surface area (Å²) in [6.45, 7) is 2.37. The van der Waals surface area contributed by atoms with Crippen molar-refractivity contribution in [3.8, 4) is 35.3 Å². The Labute approximate surface area is 214 Å². The lowest BCUT2D eigenvalue weighted by Gasteiger charge is -2.26. The topological polar surface area (TPSA) is 111 Å². The van der Waals surface area contributed by atoms with Gasteiger partial charge in [-0.2, -0.15) is 10.5 Å². The number of ether oxygens (including phenoxy) is 2. The lowest BCUT2D eigenvalue weighted by atomic mass is 9.76. The number of nitriles is 2. The van der Waals surface area contributed by atoms with Gasteiger partial charge in [-0.3, -0.25) is 4.57 Å². The molecular weight excluding hydrogens is 466 g/mol. The highest BCUT2D eigenvalue weighted by molar-refractivity contribution is 5.95. The van der Waals surface area contributed by atoms with Crippen LogP contribution in [0.4, 0.5) is 0 Å². The third-order valence-electron chi connectivity index (χ3n) is 7.95. The van der Waals surface area contributed by atoms with E-state index in [1.54, 1.807) is 36.4 Å². The molecule has 2 N–H and O–H groups in total. The Balaban J connectivity index is 1.42. The molecule has 0 unspecified atom stereocenters. The van der Waals surface area contributed by atoms with Gasteiger partial charge in [-0.15, -0.1) is 0 Å². The molecule has 7 heteroatoms. The first-order chi connectivity index (χ1) is 18.0. The molecule has 2 bridgehead atoms. The highest BCUT2D eigenvalue weighted by Gasteiger charge is 2.62. The van der Waals surface area contributed by atoms with E-state index in [1.807, 2.05) is 31.2 Å². The average Bonchev–Trinajstić information content (AvgIpc) is 3.55. The second-order valence-corrected chi connectivity index (χ2v) is 9.70. The van der Waals surface area contributed by atoms with Gasteiger partial charge in [-0.1, -0.05) is 31.2 Å². The normalized spacial score (nSPS) is 21.5. The molecule has 3 aromatic carbocycles. The molecule has 184 valence electrons. The fourth-order valence-corrected chi connectivity index (χ4v) is 6.13. The molecule has 2 atom stereocenters. The van der Waals surface area contributed by atoms with E-state index in [1.165, 1.54) is 4.57 Å². The van der Waals surface area contributed by atoms with Crippen molar-refractivity contribution in [1.82, 2.24) is 4.57 Å². The van der Waals surface area contributed by atoms with Gasteiger partial charge in [0.1, 0.15) is 11.4 Å².